The second-order valence-electron chi connectivity index (χ2n) is 7.34. The number of carbonyl (C=O) groups excluding carboxylic acids is 1. The lowest BCUT2D eigenvalue weighted by Crippen LogP contribution is -2.40. The lowest BCUT2D eigenvalue weighted by atomic mass is 9.95. The Labute approximate surface area is 195 Å². The van der Waals surface area contributed by atoms with Crippen molar-refractivity contribution >= 4 is 29.5 Å². The van der Waals surface area contributed by atoms with Gasteiger partial charge in [-0.1, -0.05) is 72.0 Å². The smallest absolute Gasteiger partial charge is 0.338 e. The summed E-state index contributed by atoms with van der Waals surface area (Å²) in [5.74, 6) is 0.0884. The summed E-state index contributed by atoms with van der Waals surface area (Å²) in [6.45, 7) is 3.74. The van der Waals surface area contributed by atoms with Gasteiger partial charge in [0.25, 0.3) is 5.56 Å². The maximum Gasteiger partial charge on any atom is 0.338 e. The number of ether oxygens (including phenoxy) is 2. The molecule has 33 heavy (non-hydrogen) atoms. The van der Waals surface area contributed by atoms with E-state index in [-0.39, 0.29) is 12.2 Å². The van der Waals surface area contributed by atoms with E-state index in [9.17, 15) is 9.59 Å². The Morgan fingerprint density at radius 2 is 1.88 bits per heavy atom. The zero-order valence-corrected chi connectivity index (χ0v) is 19.5. The highest BCUT2D eigenvalue weighted by Crippen LogP contribution is 2.35. The van der Waals surface area contributed by atoms with Crippen molar-refractivity contribution in [3.63, 3.8) is 0 Å². The van der Waals surface area contributed by atoms with Crippen LogP contribution in [0.2, 0.25) is 0 Å². The fourth-order valence-corrected chi connectivity index (χ4v) is 4.80. The number of aromatic nitrogens is 1. The van der Waals surface area contributed by atoms with E-state index in [0.29, 0.717) is 31.9 Å². The normalized spacial score (nSPS) is 16.0. The molecule has 0 saturated heterocycles. The minimum atomic E-state index is -0.697. The first-order chi connectivity index (χ1) is 16.0. The van der Waals surface area contributed by atoms with Crippen LogP contribution in [0.3, 0.4) is 0 Å². The van der Waals surface area contributed by atoms with Gasteiger partial charge < -0.3 is 9.47 Å². The van der Waals surface area contributed by atoms with Crippen molar-refractivity contribution in [2.45, 2.75) is 19.9 Å². The largest absolute Gasteiger partial charge is 0.496 e. The van der Waals surface area contributed by atoms with Crippen molar-refractivity contribution in [2.24, 2.45) is 4.99 Å². The predicted octanol–water partition coefficient (Wildman–Crippen LogP) is 3.47. The van der Waals surface area contributed by atoms with Crippen LogP contribution in [0.25, 0.3) is 12.2 Å². The number of methoxy groups -OCH3 is 1. The van der Waals surface area contributed by atoms with Crippen molar-refractivity contribution in [1.82, 2.24) is 4.57 Å². The Morgan fingerprint density at radius 3 is 2.61 bits per heavy atom. The van der Waals surface area contributed by atoms with Crippen molar-refractivity contribution < 1.29 is 14.3 Å². The molecule has 0 fully saturated rings. The number of benzene rings is 2. The molecule has 4 rings (SSSR count). The van der Waals surface area contributed by atoms with Crippen LogP contribution in [-0.4, -0.2) is 24.3 Å². The molecule has 0 amide bonds. The molecular weight excluding hydrogens is 436 g/mol. The minimum absolute atomic E-state index is 0.221. The van der Waals surface area contributed by atoms with Gasteiger partial charge >= 0.3 is 5.97 Å². The molecule has 0 spiro atoms. The summed E-state index contributed by atoms with van der Waals surface area (Å²) in [5.41, 5.74) is 2.37. The van der Waals surface area contributed by atoms with Crippen LogP contribution >= 0.6 is 11.3 Å². The summed E-state index contributed by atoms with van der Waals surface area (Å²) >= 11 is 1.29. The molecule has 1 aromatic heterocycles. The van der Waals surface area contributed by atoms with Crippen LogP contribution in [0.15, 0.2) is 81.7 Å². The van der Waals surface area contributed by atoms with Crippen molar-refractivity contribution in [2.75, 3.05) is 13.7 Å². The summed E-state index contributed by atoms with van der Waals surface area (Å²) in [6.07, 6.45) is 5.56. The lowest BCUT2D eigenvalue weighted by Gasteiger charge is -2.25. The van der Waals surface area contributed by atoms with Crippen LogP contribution in [0.5, 0.6) is 5.75 Å². The quantitative estimate of drug-likeness (QED) is 0.528. The molecule has 7 heteroatoms. The van der Waals surface area contributed by atoms with E-state index in [2.05, 4.69) is 4.99 Å². The van der Waals surface area contributed by atoms with Crippen molar-refractivity contribution in [3.05, 3.63) is 103 Å². The highest BCUT2D eigenvalue weighted by Gasteiger charge is 2.34. The topological polar surface area (TPSA) is 69.9 Å². The van der Waals surface area contributed by atoms with Gasteiger partial charge in [-0.15, -0.1) is 0 Å². The molecule has 0 radical (unpaired) electrons. The summed E-state index contributed by atoms with van der Waals surface area (Å²) in [6, 6.07) is 16.5. The molecule has 0 unspecified atom stereocenters. The molecule has 0 N–H and O–H groups in total. The molecule has 2 heterocycles. The van der Waals surface area contributed by atoms with Gasteiger partial charge in [0.15, 0.2) is 4.80 Å². The third-order valence-electron chi connectivity index (χ3n) is 5.29. The number of allylic oxidation sites excluding steroid dienone is 2. The average molecular weight is 461 g/mol. The number of carbonyl (C=O) groups is 1. The third kappa shape index (κ3) is 4.45. The van der Waals surface area contributed by atoms with Gasteiger partial charge in [-0.2, -0.15) is 0 Å². The first-order valence-electron chi connectivity index (χ1n) is 10.6. The zero-order valence-electron chi connectivity index (χ0n) is 18.6. The van der Waals surface area contributed by atoms with E-state index in [1.165, 1.54) is 11.3 Å². The number of para-hydroxylation sites is 1. The predicted molar refractivity (Wildman–Crippen MR) is 130 cm³/mol. The molecular formula is C26H24N2O4S. The van der Waals surface area contributed by atoms with Gasteiger partial charge in [0, 0.05) is 5.56 Å². The first-order valence-corrected chi connectivity index (χ1v) is 11.4. The number of rotatable bonds is 6. The maximum absolute atomic E-state index is 13.5. The van der Waals surface area contributed by atoms with E-state index in [1.54, 1.807) is 31.6 Å². The number of hydrogen-bond donors (Lipinski definition) is 0. The number of hydrogen-bond acceptors (Lipinski definition) is 6. The fourth-order valence-electron chi connectivity index (χ4n) is 3.80. The monoisotopic (exact) mass is 460 g/mol. The molecule has 2 aromatic carbocycles. The average Bonchev–Trinajstić information content (AvgIpc) is 3.13. The Morgan fingerprint density at radius 1 is 1.15 bits per heavy atom. The molecule has 0 bridgehead atoms. The Balaban J connectivity index is 1.90. The van der Waals surface area contributed by atoms with Crippen LogP contribution in [0.1, 0.15) is 31.0 Å². The Hall–Kier alpha value is -3.71. The first kappa shape index (κ1) is 22.5. The minimum Gasteiger partial charge on any atom is -0.496 e. The summed E-state index contributed by atoms with van der Waals surface area (Å²) < 4.78 is 13.0. The van der Waals surface area contributed by atoms with Gasteiger partial charge in [0.05, 0.1) is 29.5 Å². The van der Waals surface area contributed by atoms with Gasteiger partial charge in [-0.3, -0.25) is 9.36 Å². The van der Waals surface area contributed by atoms with Crippen molar-refractivity contribution in [1.29, 1.82) is 0 Å². The molecule has 6 nitrogen and oxygen atoms in total. The van der Waals surface area contributed by atoms with Crippen LogP contribution < -0.4 is 19.6 Å². The highest BCUT2D eigenvalue weighted by atomic mass is 32.1. The van der Waals surface area contributed by atoms with E-state index in [0.717, 1.165) is 5.56 Å². The van der Waals surface area contributed by atoms with Gasteiger partial charge in [-0.25, -0.2) is 9.79 Å². The Bertz CT molecular complexity index is 1410. The summed E-state index contributed by atoms with van der Waals surface area (Å²) in [5, 5.41) is 0. The number of esters is 1. The third-order valence-corrected chi connectivity index (χ3v) is 6.29. The molecule has 0 aliphatic carbocycles. The highest BCUT2D eigenvalue weighted by molar-refractivity contribution is 7.07. The summed E-state index contributed by atoms with van der Waals surface area (Å²) in [4.78, 5) is 31.6. The fraction of sp³-hybridized carbons (Fsp3) is 0.192. The van der Waals surface area contributed by atoms with Crippen LogP contribution in [-0.2, 0) is 9.53 Å². The second kappa shape index (κ2) is 9.83. The maximum atomic E-state index is 13.5. The van der Waals surface area contributed by atoms with Crippen molar-refractivity contribution in [3.8, 4) is 5.75 Å². The van der Waals surface area contributed by atoms with Gasteiger partial charge in [0.2, 0.25) is 0 Å². The molecule has 3 aromatic rings. The van der Waals surface area contributed by atoms with E-state index in [4.69, 9.17) is 9.47 Å². The molecule has 1 aliphatic rings. The van der Waals surface area contributed by atoms with E-state index >= 15 is 0 Å². The molecule has 1 atom stereocenters. The Kier molecular flexibility index (Phi) is 6.70. The molecule has 168 valence electrons. The van der Waals surface area contributed by atoms with Crippen LogP contribution in [0.4, 0.5) is 0 Å². The SMILES string of the molecule is CCOC(=O)C1=C(C)N=c2s/c(=C/C=C/c3ccccc3)c(=O)n2[C@H]1c1ccccc1OC. The lowest BCUT2D eigenvalue weighted by molar-refractivity contribution is -0.139. The molecule has 1 aliphatic heterocycles. The number of nitrogens with zero attached hydrogens (tertiary/aromatic N) is 2. The van der Waals surface area contributed by atoms with Gasteiger partial charge in [0.1, 0.15) is 11.8 Å². The van der Waals surface area contributed by atoms with E-state index in [1.807, 2.05) is 66.7 Å². The molecule has 0 saturated carbocycles. The number of thiazole rings is 1. The summed E-state index contributed by atoms with van der Waals surface area (Å²) in [7, 11) is 1.57. The van der Waals surface area contributed by atoms with Gasteiger partial charge in [-0.05, 0) is 31.6 Å². The standard InChI is InChI=1S/C26H24N2O4S/c1-4-32-25(30)22-17(2)27-26-28(23(22)19-14-8-9-15-20(19)31-3)24(29)21(33-26)16-10-13-18-11-6-5-7-12-18/h5-16,23H,4H2,1-3H3/b13-10+,21-16+/t23-/m0/s1. The zero-order chi connectivity index (χ0) is 23.4. The number of fused-ring (bicyclic) bond motifs is 1. The second-order valence-corrected chi connectivity index (χ2v) is 8.35. The van der Waals surface area contributed by atoms with E-state index < -0.39 is 12.0 Å². The van der Waals surface area contributed by atoms with Crippen LogP contribution in [0, 0.1) is 0 Å².